The highest BCUT2D eigenvalue weighted by Crippen LogP contribution is 2.22. The molecule has 5 nitrogen and oxygen atoms in total. The van der Waals surface area contributed by atoms with Crippen LogP contribution < -0.4 is 10.6 Å². The van der Waals surface area contributed by atoms with Crippen molar-refractivity contribution in [3.05, 3.63) is 76.7 Å². The summed E-state index contributed by atoms with van der Waals surface area (Å²) in [4.78, 5) is 20.2. The van der Waals surface area contributed by atoms with E-state index in [0.717, 1.165) is 23.4 Å². The molecule has 3 aromatic rings. The number of amides is 1. The molecule has 1 heterocycles. The van der Waals surface area contributed by atoms with Crippen molar-refractivity contribution in [2.75, 3.05) is 10.6 Å². The second kappa shape index (κ2) is 7.45. The third kappa shape index (κ3) is 3.94. The first-order valence-corrected chi connectivity index (χ1v) is 7.92. The second-order valence-corrected chi connectivity index (χ2v) is 5.86. The smallest absolute Gasteiger partial charge is 0.276 e. The van der Waals surface area contributed by atoms with E-state index in [2.05, 4.69) is 20.6 Å². The molecule has 1 aromatic heterocycles. The van der Waals surface area contributed by atoms with Crippen molar-refractivity contribution >= 4 is 34.7 Å². The molecule has 0 aliphatic heterocycles. The van der Waals surface area contributed by atoms with Crippen molar-refractivity contribution in [2.45, 2.75) is 6.92 Å². The van der Waals surface area contributed by atoms with E-state index in [9.17, 15) is 13.6 Å². The largest absolute Gasteiger partial charge is 0.339 e. The monoisotopic (exact) mass is 374 g/mol. The van der Waals surface area contributed by atoms with Gasteiger partial charge in [0.1, 0.15) is 28.8 Å². The molecule has 0 unspecified atom stereocenters. The number of para-hydroxylation sites is 1. The summed E-state index contributed by atoms with van der Waals surface area (Å²) >= 11 is 5.91. The quantitative estimate of drug-likeness (QED) is 0.694. The Balaban J connectivity index is 1.74. The highest BCUT2D eigenvalue weighted by atomic mass is 35.5. The van der Waals surface area contributed by atoms with Crippen LogP contribution in [0.5, 0.6) is 0 Å². The Hall–Kier alpha value is -3.06. The molecule has 0 bridgehead atoms. The minimum Gasteiger partial charge on any atom is -0.339 e. The van der Waals surface area contributed by atoms with Crippen molar-refractivity contribution in [3.63, 3.8) is 0 Å². The van der Waals surface area contributed by atoms with Crippen LogP contribution in [0.1, 0.15) is 16.1 Å². The summed E-state index contributed by atoms with van der Waals surface area (Å²) in [7, 11) is 0. The van der Waals surface area contributed by atoms with Crippen LogP contribution >= 0.6 is 11.6 Å². The van der Waals surface area contributed by atoms with Gasteiger partial charge in [0, 0.05) is 10.7 Å². The van der Waals surface area contributed by atoms with E-state index in [0.29, 0.717) is 10.8 Å². The van der Waals surface area contributed by atoms with E-state index in [4.69, 9.17) is 11.6 Å². The summed E-state index contributed by atoms with van der Waals surface area (Å²) < 4.78 is 27.2. The Kier molecular flexibility index (Phi) is 5.09. The molecule has 2 N–H and O–H groups in total. The van der Waals surface area contributed by atoms with Gasteiger partial charge < -0.3 is 10.6 Å². The number of carbonyl (C=O) groups is 1. The molecule has 0 aliphatic carbocycles. The fourth-order valence-electron chi connectivity index (χ4n) is 2.21. The van der Waals surface area contributed by atoms with Crippen LogP contribution in [0.25, 0.3) is 0 Å². The van der Waals surface area contributed by atoms with Gasteiger partial charge in [-0.25, -0.2) is 18.7 Å². The van der Waals surface area contributed by atoms with Gasteiger partial charge in [-0.05, 0) is 42.8 Å². The standard InChI is InChI=1S/C18H13ClF2N4O/c1-10-7-11(19)5-6-14(10)24-16-9-22-15(8-23-16)18(26)25-17-12(20)3-2-4-13(17)21/h2-9H,1H3,(H,23,24)(H,25,26). The maximum absolute atomic E-state index is 13.6. The van der Waals surface area contributed by atoms with Crippen molar-refractivity contribution < 1.29 is 13.6 Å². The molecule has 1 amide bonds. The normalized spacial score (nSPS) is 10.5. The first-order chi connectivity index (χ1) is 12.4. The SMILES string of the molecule is Cc1cc(Cl)ccc1Nc1cnc(C(=O)Nc2c(F)cccc2F)cn1. The van der Waals surface area contributed by atoms with Crippen molar-refractivity contribution in [2.24, 2.45) is 0 Å². The Bertz CT molecular complexity index is 944. The number of hydrogen-bond acceptors (Lipinski definition) is 4. The number of aromatic nitrogens is 2. The second-order valence-electron chi connectivity index (χ2n) is 5.42. The number of hydrogen-bond donors (Lipinski definition) is 2. The van der Waals surface area contributed by atoms with Gasteiger partial charge >= 0.3 is 0 Å². The zero-order valence-electron chi connectivity index (χ0n) is 13.6. The zero-order chi connectivity index (χ0) is 18.7. The van der Waals surface area contributed by atoms with E-state index in [1.54, 1.807) is 18.2 Å². The highest BCUT2D eigenvalue weighted by Gasteiger charge is 2.14. The van der Waals surface area contributed by atoms with Gasteiger partial charge in [-0.1, -0.05) is 17.7 Å². The fourth-order valence-corrected chi connectivity index (χ4v) is 2.44. The van der Waals surface area contributed by atoms with E-state index in [1.807, 2.05) is 6.92 Å². The van der Waals surface area contributed by atoms with E-state index in [-0.39, 0.29) is 5.69 Å². The van der Waals surface area contributed by atoms with Crippen LogP contribution in [0.2, 0.25) is 5.02 Å². The molecule has 0 atom stereocenters. The van der Waals surface area contributed by atoms with Crippen LogP contribution in [-0.4, -0.2) is 15.9 Å². The van der Waals surface area contributed by atoms with Gasteiger partial charge in [0.25, 0.3) is 5.91 Å². The molecule has 0 saturated heterocycles. The number of carbonyl (C=O) groups excluding carboxylic acids is 1. The lowest BCUT2D eigenvalue weighted by atomic mass is 10.2. The van der Waals surface area contributed by atoms with E-state index >= 15 is 0 Å². The highest BCUT2D eigenvalue weighted by molar-refractivity contribution is 6.30. The number of anilines is 3. The predicted molar refractivity (Wildman–Crippen MR) is 95.8 cm³/mol. The number of rotatable bonds is 4. The maximum atomic E-state index is 13.6. The van der Waals surface area contributed by atoms with Crippen molar-refractivity contribution in [3.8, 4) is 0 Å². The zero-order valence-corrected chi connectivity index (χ0v) is 14.3. The Labute approximate surface area is 153 Å². The molecule has 0 radical (unpaired) electrons. The third-order valence-electron chi connectivity index (χ3n) is 3.54. The molecule has 0 spiro atoms. The lowest BCUT2D eigenvalue weighted by molar-refractivity contribution is 0.102. The van der Waals surface area contributed by atoms with Crippen molar-refractivity contribution in [1.82, 2.24) is 9.97 Å². The molecule has 132 valence electrons. The van der Waals surface area contributed by atoms with Crippen LogP contribution in [0.3, 0.4) is 0 Å². The molecule has 8 heteroatoms. The number of nitrogens with zero attached hydrogens (tertiary/aromatic N) is 2. The average molecular weight is 375 g/mol. The van der Waals surface area contributed by atoms with Gasteiger partial charge in [-0.3, -0.25) is 4.79 Å². The lowest BCUT2D eigenvalue weighted by Crippen LogP contribution is -2.16. The van der Waals surface area contributed by atoms with Gasteiger partial charge in [0.2, 0.25) is 0 Å². The van der Waals surface area contributed by atoms with Gasteiger partial charge in [0.15, 0.2) is 0 Å². The maximum Gasteiger partial charge on any atom is 0.276 e. The summed E-state index contributed by atoms with van der Waals surface area (Å²) in [5.74, 6) is -2.11. The van der Waals surface area contributed by atoms with Crippen LogP contribution in [-0.2, 0) is 0 Å². The average Bonchev–Trinajstić information content (AvgIpc) is 2.61. The van der Waals surface area contributed by atoms with Crippen LogP contribution in [0.4, 0.5) is 26.0 Å². The molecule has 26 heavy (non-hydrogen) atoms. The Morgan fingerprint density at radius 1 is 1.08 bits per heavy atom. The summed E-state index contributed by atoms with van der Waals surface area (Å²) in [6, 6.07) is 8.62. The molecule has 0 aliphatic rings. The number of halogens is 3. The Morgan fingerprint density at radius 3 is 2.42 bits per heavy atom. The predicted octanol–water partition coefficient (Wildman–Crippen LogP) is 4.71. The number of nitrogens with one attached hydrogen (secondary N) is 2. The van der Waals surface area contributed by atoms with Gasteiger partial charge in [0.05, 0.1) is 12.4 Å². The summed E-state index contributed by atoms with van der Waals surface area (Å²) in [6.07, 6.45) is 2.56. The third-order valence-corrected chi connectivity index (χ3v) is 3.77. The van der Waals surface area contributed by atoms with E-state index in [1.165, 1.54) is 18.5 Å². The number of benzene rings is 2. The fraction of sp³-hybridized carbons (Fsp3) is 0.0556. The van der Waals surface area contributed by atoms with E-state index < -0.39 is 23.2 Å². The Morgan fingerprint density at radius 2 is 1.81 bits per heavy atom. The molecular formula is C18H13ClF2N4O. The summed E-state index contributed by atoms with van der Waals surface area (Å²) in [5.41, 5.74) is 1.09. The number of aryl methyl sites for hydroxylation is 1. The lowest BCUT2D eigenvalue weighted by Gasteiger charge is -2.10. The molecule has 3 rings (SSSR count). The molecule has 2 aromatic carbocycles. The first kappa shape index (κ1) is 17.8. The summed E-state index contributed by atoms with van der Waals surface area (Å²) in [6.45, 7) is 1.88. The van der Waals surface area contributed by atoms with Crippen molar-refractivity contribution in [1.29, 1.82) is 0 Å². The van der Waals surface area contributed by atoms with Gasteiger partial charge in [-0.15, -0.1) is 0 Å². The molecular weight excluding hydrogens is 362 g/mol. The first-order valence-electron chi connectivity index (χ1n) is 7.54. The summed E-state index contributed by atoms with van der Waals surface area (Å²) in [5, 5.41) is 5.82. The molecule has 0 fully saturated rings. The minimum absolute atomic E-state index is 0.0777. The van der Waals surface area contributed by atoms with Crippen LogP contribution in [0.15, 0.2) is 48.8 Å². The topological polar surface area (TPSA) is 66.9 Å². The minimum atomic E-state index is -0.872. The molecule has 0 saturated carbocycles. The van der Waals surface area contributed by atoms with Gasteiger partial charge in [-0.2, -0.15) is 0 Å². The van der Waals surface area contributed by atoms with Crippen LogP contribution in [0, 0.1) is 18.6 Å².